The van der Waals surface area contributed by atoms with E-state index >= 15 is 0 Å². The number of pyridine rings is 1. The Morgan fingerprint density at radius 3 is 2.92 bits per heavy atom. The lowest BCUT2D eigenvalue weighted by molar-refractivity contribution is 0.0593. The fourth-order valence-corrected chi connectivity index (χ4v) is 0.764. The topological polar surface area (TPSA) is 63.0 Å². The number of aromatic nitrogens is 1. The lowest BCUT2D eigenvalue weighted by atomic mass is 10.3. The summed E-state index contributed by atoms with van der Waals surface area (Å²) in [7, 11) is 1.15. The van der Waals surface area contributed by atoms with Gasteiger partial charge in [0.1, 0.15) is 17.6 Å². The normalized spacial score (nSPS) is 9.00. The van der Waals surface area contributed by atoms with E-state index in [0.29, 0.717) is 0 Å². The molecule has 5 heteroatoms. The van der Waals surface area contributed by atoms with Crippen molar-refractivity contribution in [3.05, 3.63) is 29.3 Å². The van der Waals surface area contributed by atoms with Crippen LogP contribution in [0.1, 0.15) is 16.2 Å². The maximum atomic E-state index is 12.7. The molecule has 0 aliphatic heterocycles. The van der Waals surface area contributed by atoms with Crippen LogP contribution in [0.25, 0.3) is 0 Å². The largest absolute Gasteiger partial charge is 0.464 e. The quantitative estimate of drug-likeness (QED) is 0.602. The van der Waals surface area contributed by atoms with E-state index in [-0.39, 0.29) is 11.4 Å². The number of carbonyl (C=O) groups excluding carboxylic acids is 1. The smallest absolute Gasteiger partial charge is 0.356 e. The van der Waals surface area contributed by atoms with E-state index < -0.39 is 11.8 Å². The van der Waals surface area contributed by atoms with Crippen molar-refractivity contribution in [1.29, 1.82) is 5.26 Å². The summed E-state index contributed by atoms with van der Waals surface area (Å²) in [6, 6.07) is 3.47. The van der Waals surface area contributed by atoms with Gasteiger partial charge in [-0.3, -0.25) is 0 Å². The Labute approximate surface area is 73.6 Å². The first-order chi connectivity index (χ1) is 6.17. The van der Waals surface area contributed by atoms with Crippen LogP contribution in [0.4, 0.5) is 4.39 Å². The molecule has 0 unspecified atom stereocenters. The molecule has 1 heterocycles. The summed E-state index contributed by atoms with van der Waals surface area (Å²) in [5.74, 6) is -1.46. The van der Waals surface area contributed by atoms with Crippen molar-refractivity contribution in [2.75, 3.05) is 7.11 Å². The fraction of sp³-hybridized carbons (Fsp3) is 0.125. The second-order valence-corrected chi connectivity index (χ2v) is 2.16. The number of ether oxygens (including phenoxy) is 1. The summed E-state index contributed by atoms with van der Waals surface area (Å²) in [5.41, 5.74) is -0.362. The van der Waals surface area contributed by atoms with Gasteiger partial charge in [0.25, 0.3) is 0 Å². The number of methoxy groups -OCH3 is 1. The van der Waals surface area contributed by atoms with Crippen LogP contribution in [-0.2, 0) is 4.74 Å². The number of hydrogen-bond acceptors (Lipinski definition) is 4. The molecule has 0 spiro atoms. The van der Waals surface area contributed by atoms with Crippen LogP contribution in [0, 0.1) is 17.1 Å². The highest BCUT2D eigenvalue weighted by Crippen LogP contribution is 2.04. The molecule has 0 amide bonds. The highest BCUT2D eigenvalue weighted by molar-refractivity contribution is 5.87. The van der Waals surface area contributed by atoms with E-state index in [1.807, 2.05) is 0 Å². The molecule has 0 aliphatic rings. The zero-order valence-corrected chi connectivity index (χ0v) is 6.74. The lowest BCUT2D eigenvalue weighted by Gasteiger charge is -1.98. The average Bonchev–Trinajstić information content (AvgIpc) is 2.15. The first kappa shape index (κ1) is 9.13. The Balaban J connectivity index is 3.17. The molecule has 0 bridgehead atoms. The van der Waals surface area contributed by atoms with E-state index in [9.17, 15) is 9.18 Å². The minimum Gasteiger partial charge on any atom is -0.464 e. The number of esters is 1. The molecule has 0 atom stereocenters. The highest BCUT2D eigenvalue weighted by atomic mass is 19.1. The molecule has 0 aromatic carbocycles. The third-order valence-electron chi connectivity index (χ3n) is 1.30. The van der Waals surface area contributed by atoms with Gasteiger partial charge in [-0.15, -0.1) is 0 Å². The number of hydrogen-bond donors (Lipinski definition) is 0. The number of carbonyl (C=O) groups is 1. The molecule has 1 rings (SSSR count). The van der Waals surface area contributed by atoms with E-state index in [1.165, 1.54) is 0 Å². The van der Waals surface area contributed by atoms with Crippen molar-refractivity contribution in [1.82, 2.24) is 4.98 Å². The van der Waals surface area contributed by atoms with Gasteiger partial charge >= 0.3 is 5.97 Å². The first-order valence-corrected chi connectivity index (χ1v) is 3.33. The molecule has 0 radical (unpaired) electrons. The molecule has 0 saturated carbocycles. The molecule has 0 fully saturated rings. The van der Waals surface area contributed by atoms with E-state index in [1.54, 1.807) is 6.07 Å². The standard InChI is InChI=1S/C8H5FN2O2/c1-13-8(12)7-3-5(9)2-6(4-10)11-7/h2-3H,1H3. The van der Waals surface area contributed by atoms with Crippen LogP contribution >= 0.6 is 0 Å². The van der Waals surface area contributed by atoms with Gasteiger partial charge in [0.15, 0.2) is 5.69 Å². The summed E-state index contributed by atoms with van der Waals surface area (Å²) in [6.07, 6.45) is 0. The van der Waals surface area contributed by atoms with Crippen molar-refractivity contribution >= 4 is 5.97 Å². The number of rotatable bonds is 1. The van der Waals surface area contributed by atoms with E-state index in [2.05, 4.69) is 9.72 Å². The minimum atomic E-state index is -0.768. The van der Waals surface area contributed by atoms with Crippen LogP contribution in [0.3, 0.4) is 0 Å². The highest BCUT2D eigenvalue weighted by Gasteiger charge is 2.10. The summed E-state index contributed by atoms with van der Waals surface area (Å²) >= 11 is 0. The van der Waals surface area contributed by atoms with Crippen LogP contribution in [0.15, 0.2) is 12.1 Å². The molecule has 4 nitrogen and oxygen atoms in total. The van der Waals surface area contributed by atoms with Crippen LogP contribution in [0.5, 0.6) is 0 Å². The molecule has 66 valence electrons. The van der Waals surface area contributed by atoms with Gasteiger partial charge in [-0.25, -0.2) is 14.2 Å². The number of halogens is 1. The third-order valence-corrected chi connectivity index (χ3v) is 1.30. The summed E-state index contributed by atoms with van der Waals surface area (Å²) in [5, 5.41) is 8.41. The van der Waals surface area contributed by atoms with Crippen molar-refractivity contribution in [2.45, 2.75) is 0 Å². The first-order valence-electron chi connectivity index (χ1n) is 3.33. The molecular formula is C8H5FN2O2. The third kappa shape index (κ3) is 1.99. The molecule has 1 aromatic rings. The minimum absolute atomic E-state index is 0.152. The van der Waals surface area contributed by atoms with E-state index in [0.717, 1.165) is 19.2 Å². The second-order valence-electron chi connectivity index (χ2n) is 2.16. The van der Waals surface area contributed by atoms with Crippen molar-refractivity contribution in [3.8, 4) is 6.07 Å². The van der Waals surface area contributed by atoms with Crippen molar-refractivity contribution in [2.24, 2.45) is 0 Å². The van der Waals surface area contributed by atoms with Crippen molar-refractivity contribution < 1.29 is 13.9 Å². The van der Waals surface area contributed by atoms with Gasteiger partial charge in [-0.05, 0) is 0 Å². The van der Waals surface area contributed by atoms with E-state index in [4.69, 9.17) is 5.26 Å². The Morgan fingerprint density at radius 1 is 1.69 bits per heavy atom. The molecule has 13 heavy (non-hydrogen) atoms. The lowest BCUT2D eigenvalue weighted by Crippen LogP contribution is -2.05. The zero-order chi connectivity index (χ0) is 9.84. The molecule has 0 saturated heterocycles. The van der Waals surface area contributed by atoms with Gasteiger partial charge < -0.3 is 4.74 Å². The van der Waals surface area contributed by atoms with Gasteiger partial charge in [0.2, 0.25) is 0 Å². The Morgan fingerprint density at radius 2 is 2.38 bits per heavy atom. The van der Waals surface area contributed by atoms with Gasteiger partial charge in [-0.1, -0.05) is 0 Å². The maximum Gasteiger partial charge on any atom is 0.356 e. The second kappa shape index (κ2) is 3.63. The van der Waals surface area contributed by atoms with Gasteiger partial charge in [0.05, 0.1) is 7.11 Å². The predicted molar refractivity (Wildman–Crippen MR) is 40.2 cm³/mol. The summed E-state index contributed by atoms with van der Waals surface area (Å²) < 4.78 is 17.0. The van der Waals surface area contributed by atoms with Crippen LogP contribution < -0.4 is 0 Å². The Hall–Kier alpha value is -1.96. The fourth-order valence-electron chi connectivity index (χ4n) is 0.764. The van der Waals surface area contributed by atoms with Gasteiger partial charge in [-0.2, -0.15) is 5.26 Å². The number of nitriles is 1. The molecule has 0 aliphatic carbocycles. The SMILES string of the molecule is COC(=O)c1cc(F)cc(C#N)n1. The maximum absolute atomic E-state index is 12.7. The number of nitrogens with zero attached hydrogens (tertiary/aromatic N) is 2. The van der Waals surface area contributed by atoms with Crippen LogP contribution in [0.2, 0.25) is 0 Å². The summed E-state index contributed by atoms with van der Waals surface area (Å²) in [6.45, 7) is 0. The Bertz CT molecular complexity index is 384. The molecule has 1 aromatic heterocycles. The Kier molecular flexibility index (Phi) is 2.55. The average molecular weight is 180 g/mol. The van der Waals surface area contributed by atoms with Crippen molar-refractivity contribution in [3.63, 3.8) is 0 Å². The summed E-state index contributed by atoms with van der Waals surface area (Å²) in [4.78, 5) is 14.4. The monoisotopic (exact) mass is 180 g/mol. The molecule has 0 N–H and O–H groups in total. The zero-order valence-electron chi connectivity index (χ0n) is 6.74. The molecular weight excluding hydrogens is 175 g/mol. The van der Waals surface area contributed by atoms with Gasteiger partial charge in [0, 0.05) is 12.1 Å². The van der Waals surface area contributed by atoms with Crippen LogP contribution in [-0.4, -0.2) is 18.1 Å². The predicted octanol–water partition coefficient (Wildman–Crippen LogP) is 0.879.